The number of hydrogen-bond donors (Lipinski definition) is 2. The SMILES string of the molecule is CCCCC(N=C1NS(=O)(=O)c2ccccc21)C(=O)NCCCN(CC)S(C)(=O)=O. The molecule has 1 unspecified atom stereocenters. The van der Waals surface area contributed by atoms with Gasteiger partial charge in [-0.3, -0.25) is 14.5 Å². The molecule has 2 N–H and O–H groups in total. The van der Waals surface area contributed by atoms with E-state index in [0.717, 1.165) is 19.1 Å². The molecule has 1 atom stereocenters. The second kappa shape index (κ2) is 10.4. The van der Waals surface area contributed by atoms with Crippen molar-refractivity contribution in [2.45, 2.75) is 50.5 Å². The van der Waals surface area contributed by atoms with E-state index < -0.39 is 26.1 Å². The number of aliphatic imine (C=N–C) groups is 1. The summed E-state index contributed by atoms with van der Waals surface area (Å²) in [5, 5.41) is 2.80. The molecule has 168 valence electrons. The monoisotopic (exact) mass is 458 g/mol. The highest BCUT2D eigenvalue weighted by atomic mass is 32.2. The van der Waals surface area contributed by atoms with Crippen molar-refractivity contribution in [1.82, 2.24) is 14.3 Å². The highest BCUT2D eigenvalue weighted by Gasteiger charge is 2.31. The second-order valence-corrected chi connectivity index (χ2v) is 10.8. The molecule has 1 amide bonds. The van der Waals surface area contributed by atoms with Crippen molar-refractivity contribution in [2.24, 2.45) is 4.99 Å². The summed E-state index contributed by atoms with van der Waals surface area (Å²) in [6, 6.07) is 5.79. The number of carbonyl (C=O) groups excluding carboxylic acids is 1. The summed E-state index contributed by atoms with van der Waals surface area (Å²) in [6.45, 7) is 4.76. The van der Waals surface area contributed by atoms with E-state index in [9.17, 15) is 21.6 Å². The zero-order valence-corrected chi connectivity index (χ0v) is 19.2. The Kier molecular flexibility index (Phi) is 8.39. The summed E-state index contributed by atoms with van der Waals surface area (Å²) in [5.41, 5.74) is 0.457. The molecule has 1 aliphatic heterocycles. The van der Waals surface area contributed by atoms with Crippen LogP contribution >= 0.6 is 0 Å². The van der Waals surface area contributed by atoms with E-state index in [-0.39, 0.29) is 16.6 Å². The third-order valence-electron chi connectivity index (χ3n) is 4.79. The number of unbranched alkanes of at least 4 members (excludes halogenated alkanes) is 1. The summed E-state index contributed by atoms with van der Waals surface area (Å²) in [6.07, 6.45) is 3.75. The molecule has 0 bridgehead atoms. The van der Waals surface area contributed by atoms with Crippen LogP contribution < -0.4 is 10.0 Å². The fraction of sp³-hybridized carbons (Fsp3) is 0.579. The topological polar surface area (TPSA) is 125 Å². The van der Waals surface area contributed by atoms with Crippen LogP contribution in [0.3, 0.4) is 0 Å². The van der Waals surface area contributed by atoms with Gasteiger partial charge in [-0.25, -0.2) is 21.1 Å². The van der Waals surface area contributed by atoms with Crippen LogP contribution in [0.2, 0.25) is 0 Å². The molecule has 0 fully saturated rings. The van der Waals surface area contributed by atoms with Crippen LogP contribution in [-0.4, -0.2) is 64.8 Å². The molecule has 9 nitrogen and oxygen atoms in total. The Labute approximate surface area is 179 Å². The van der Waals surface area contributed by atoms with Gasteiger partial charge in [0.25, 0.3) is 10.0 Å². The molecule has 0 radical (unpaired) electrons. The largest absolute Gasteiger partial charge is 0.354 e. The Bertz CT molecular complexity index is 990. The fourth-order valence-electron chi connectivity index (χ4n) is 3.18. The molecular weight excluding hydrogens is 428 g/mol. The van der Waals surface area contributed by atoms with Gasteiger partial charge in [0, 0.05) is 25.2 Å². The number of carbonyl (C=O) groups is 1. The molecule has 0 aromatic heterocycles. The van der Waals surface area contributed by atoms with Crippen LogP contribution in [0.4, 0.5) is 0 Å². The number of nitrogens with zero attached hydrogens (tertiary/aromatic N) is 2. The minimum atomic E-state index is -3.67. The van der Waals surface area contributed by atoms with Gasteiger partial charge in [0.2, 0.25) is 15.9 Å². The van der Waals surface area contributed by atoms with E-state index in [1.165, 1.54) is 10.4 Å². The van der Waals surface area contributed by atoms with Crippen molar-refractivity contribution in [3.63, 3.8) is 0 Å². The molecule has 1 aromatic rings. The van der Waals surface area contributed by atoms with E-state index in [2.05, 4.69) is 15.0 Å². The lowest BCUT2D eigenvalue weighted by molar-refractivity contribution is -0.122. The predicted octanol–water partition coefficient (Wildman–Crippen LogP) is 1.07. The Hall–Kier alpha value is -1.98. The standard InChI is InChI=1S/C19H30N4O5S2/c1-4-6-11-16(19(24)20-13-9-14-23(5-2)29(3,25)26)21-18-15-10-7-8-12-17(15)30(27,28)22-18/h7-8,10,12,16H,4-6,9,11,13-14H2,1-3H3,(H,20,24)(H,21,22). The molecule has 0 saturated heterocycles. The summed E-state index contributed by atoms with van der Waals surface area (Å²) in [7, 11) is -6.93. The van der Waals surface area contributed by atoms with Crippen LogP contribution in [-0.2, 0) is 24.8 Å². The van der Waals surface area contributed by atoms with Gasteiger partial charge < -0.3 is 5.32 Å². The zero-order valence-electron chi connectivity index (χ0n) is 17.6. The molecule has 0 saturated carbocycles. The Morgan fingerprint density at radius 2 is 1.93 bits per heavy atom. The zero-order chi connectivity index (χ0) is 22.4. The minimum Gasteiger partial charge on any atom is -0.354 e. The van der Waals surface area contributed by atoms with Crippen LogP contribution in [0.15, 0.2) is 34.2 Å². The number of amidine groups is 1. The minimum absolute atomic E-state index is 0.152. The lowest BCUT2D eigenvalue weighted by Crippen LogP contribution is -2.38. The normalized spacial score (nSPS) is 17.5. The quantitative estimate of drug-likeness (QED) is 0.480. The van der Waals surface area contributed by atoms with Crippen molar-refractivity contribution in [3.05, 3.63) is 29.8 Å². The van der Waals surface area contributed by atoms with Gasteiger partial charge >= 0.3 is 0 Å². The first kappa shape index (κ1) is 24.3. The van der Waals surface area contributed by atoms with Gasteiger partial charge in [-0.2, -0.15) is 0 Å². The maximum atomic E-state index is 12.7. The number of amides is 1. The van der Waals surface area contributed by atoms with Crippen molar-refractivity contribution in [2.75, 3.05) is 25.9 Å². The number of nitrogens with one attached hydrogen (secondary N) is 2. The van der Waals surface area contributed by atoms with Crippen LogP contribution in [0.1, 0.15) is 45.1 Å². The van der Waals surface area contributed by atoms with E-state index in [4.69, 9.17) is 0 Å². The Morgan fingerprint density at radius 3 is 2.57 bits per heavy atom. The lowest BCUT2D eigenvalue weighted by Gasteiger charge is -2.18. The number of fused-ring (bicyclic) bond motifs is 1. The molecule has 2 rings (SSSR count). The summed E-state index contributed by atoms with van der Waals surface area (Å²) in [5.74, 6) is -0.127. The maximum Gasteiger partial charge on any atom is 0.263 e. The summed E-state index contributed by atoms with van der Waals surface area (Å²) in [4.78, 5) is 17.3. The first-order chi connectivity index (χ1) is 14.1. The smallest absolute Gasteiger partial charge is 0.263 e. The van der Waals surface area contributed by atoms with Gasteiger partial charge in [-0.1, -0.05) is 38.8 Å². The van der Waals surface area contributed by atoms with E-state index >= 15 is 0 Å². The van der Waals surface area contributed by atoms with Gasteiger partial charge in [-0.05, 0) is 25.0 Å². The number of sulfonamides is 2. The second-order valence-electron chi connectivity index (χ2n) is 7.14. The van der Waals surface area contributed by atoms with Gasteiger partial charge in [0.15, 0.2) is 0 Å². The van der Waals surface area contributed by atoms with Crippen molar-refractivity contribution in [1.29, 1.82) is 0 Å². The van der Waals surface area contributed by atoms with Crippen LogP contribution in [0, 0.1) is 0 Å². The van der Waals surface area contributed by atoms with Crippen LogP contribution in [0.5, 0.6) is 0 Å². The van der Waals surface area contributed by atoms with Gasteiger partial charge in [-0.15, -0.1) is 0 Å². The fourth-order valence-corrected chi connectivity index (χ4v) is 5.35. The van der Waals surface area contributed by atoms with E-state index in [1.807, 2.05) is 6.92 Å². The van der Waals surface area contributed by atoms with Gasteiger partial charge in [0.05, 0.1) is 11.2 Å². The lowest BCUT2D eigenvalue weighted by atomic mass is 10.1. The molecule has 1 heterocycles. The third kappa shape index (κ3) is 6.26. The van der Waals surface area contributed by atoms with Crippen LogP contribution in [0.25, 0.3) is 0 Å². The molecule has 0 aliphatic carbocycles. The van der Waals surface area contributed by atoms with Crippen molar-refractivity contribution in [3.8, 4) is 0 Å². The Morgan fingerprint density at radius 1 is 1.23 bits per heavy atom. The first-order valence-corrected chi connectivity index (χ1v) is 13.4. The highest BCUT2D eigenvalue weighted by molar-refractivity contribution is 7.90. The maximum absolute atomic E-state index is 12.7. The molecule has 11 heteroatoms. The molecule has 1 aliphatic rings. The van der Waals surface area contributed by atoms with Crippen molar-refractivity contribution >= 4 is 31.8 Å². The molecule has 0 spiro atoms. The highest BCUT2D eigenvalue weighted by Crippen LogP contribution is 2.23. The number of rotatable bonds is 11. The number of hydrogen-bond acceptors (Lipinski definition) is 6. The third-order valence-corrected chi connectivity index (χ3v) is 7.56. The predicted molar refractivity (Wildman–Crippen MR) is 116 cm³/mol. The molecular formula is C19H30N4O5S2. The molecule has 1 aromatic carbocycles. The van der Waals surface area contributed by atoms with E-state index in [1.54, 1.807) is 25.1 Å². The summed E-state index contributed by atoms with van der Waals surface area (Å²) < 4.78 is 51.6. The first-order valence-electron chi connectivity index (χ1n) is 10.0. The van der Waals surface area contributed by atoms with Crippen molar-refractivity contribution < 1.29 is 21.6 Å². The molecule has 30 heavy (non-hydrogen) atoms. The average Bonchev–Trinajstić information content (AvgIpc) is 2.94. The summed E-state index contributed by atoms with van der Waals surface area (Å²) >= 11 is 0. The number of benzene rings is 1. The average molecular weight is 459 g/mol. The Balaban J connectivity index is 2.07. The van der Waals surface area contributed by atoms with Gasteiger partial charge in [0.1, 0.15) is 11.9 Å². The van der Waals surface area contributed by atoms with E-state index in [0.29, 0.717) is 38.0 Å².